The summed E-state index contributed by atoms with van der Waals surface area (Å²) in [4.78, 5) is 11.2. The van der Waals surface area contributed by atoms with E-state index in [2.05, 4.69) is 10.3 Å². The molecule has 106 valence electrons. The second kappa shape index (κ2) is 5.24. The van der Waals surface area contributed by atoms with Crippen LogP contribution in [-0.4, -0.2) is 33.2 Å². The summed E-state index contributed by atoms with van der Waals surface area (Å²) >= 11 is 0. The number of carboxylic acid groups (broad SMARTS) is 1. The van der Waals surface area contributed by atoms with Gasteiger partial charge in [0.2, 0.25) is 0 Å². The Morgan fingerprint density at radius 2 is 2.05 bits per heavy atom. The molecule has 0 atom stereocenters. The number of aromatic carboxylic acids is 1. The monoisotopic (exact) mass is 283 g/mol. The fraction of sp³-hybridized carbons (Fsp3) is 0.133. The predicted molar refractivity (Wildman–Crippen MR) is 76.6 cm³/mol. The van der Waals surface area contributed by atoms with E-state index in [0.29, 0.717) is 17.6 Å². The van der Waals surface area contributed by atoms with Crippen molar-refractivity contribution in [2.45, 2.75) is 6.54 Å². The number of fused-ring (bicyclic) bond motifs is 1. The van der Waals surface area contributed by atoms with Gasteiger partial charge in [0.1, 0.15) is 11.3 Å². The molecule has 0 bridgehead atoms. The maximum Gasteiger partial charge on any atom is 0.338 e. The number of ether oxygens (including phenoxy) is 1. The van der Waals surface area contributed by atoms with E-state index in [1.807, 2.05) is 24.3 Å². The lowest BCUT2D eigenvalue weighted by Crippen LogP contribution is -2.04. The molecule has 1 N–H and O–H groups in total. The van der Waals surface area contributed by atoms with E-state index in [1.54, 1.807) is 23.9 Å². The topological polar surface area (TPSA) is 77.2 Å². The molecular weight excluding hydrogens is 270 g/mol. The molecule has 1 heterocycles. The molecule has 0 unspecified atom stereocenters. The van der Waals surface area contributed by atoms with Crippen molar-refractivity contribution in [3.63, 3.8) is 0 Å². The van der Waals surface area contributed by atoms with Gasteiger partial charge in [-0.1, -0.05) is 29.5 Å². The minimum Gasteiger partial charge on any atom is -0.496 e. The van der Waals surface area contributed by atoms with Crippen molar-refractivity contribution in [2.75, 3.05) is 7.11 Å². The summed E-state index contributed by atoms with van der Waals surface area (Å²) < 4.78 is 6.98. The number of methoxy groups -OCH3 is 1. The van der Waals surface area contributed by atoms with Gasteiger partial charge in [0, 0.05) is 5.56 Å². The normalized spacial score (nSPS) is 10.7. The molecule has 21 heavy (non-hydrogen) atoms. The third-order valence-corrected chi connectivity index (χ3v) is 3.29. The molecule has 6 heteroatoms. The SMILES string of the molecule is COc1ccccc1Cn1nnc2c(C(=O)O)cccc21. The summed E-state index contributed by atoms with van der Waals surface area (Å²) in [5, 5.41) is 17.2. The lowest BCUT2D eigenvalue weighted by Gasteiger charge is -2.08. The van der Waals surface area contributed by atoms with Crippen LogP contribution in [0.4, 0.5) is 0 Å². The number of rotatable bonds is 4. The van der Waals surface area contributed by atoms with Gasteiger partial charge in [0.25, 0.3) is 0 Å². The van der Waals surface area contributed by atoms with Crippen molar-refractivity contribution in [2.24, 2.45) is 0 Å². The average molecular weight is 283 g/mol. The lowest BCUT2D eigenvalue weighted by atomic mass is 10.1. The summed E-state index contributed by atoms with van der Waals surface area (Å²) in [6, 6.07) is 12.6. The molecule has 0 saturated carbocycles. The molecule has 0 aliphatic carbocycles. The first-order chi connectivity index (χ1) is 10.2. The van der Waals surface area contributed by atoms with Gasteiger partial charge in [-0.05, 0) is 18.2 Å². The zero-order chi connectivity index (χ0) is 14.8. The van der Waals surface area contributed by atoms with E-state index in [4.69, 9.17) is 9.84 Å². The first kappa shape index (κ1) is 13.1. The Bertz CT molecular complexity index is 811. The van der Waals surface area contributed by atoms with Crippen LogP contribution in [0.3, 0.4) is 0 Å². The quantitative estimate of drug-likeness (QED) is 0.794. The second-order valence-electron chi connectivity index (χ2n) is 4.54. The highest BCUT2D eigenvalue weighted by atomic mass is 16.5. The number of carbonyl (C=O) groups is 1. The molecule has 0 spiro atoms. The minimum atomic E-state index is -1.01. The highest BCUT2D eigenvalue weighted by Crippen LogP contribution is 2.21. The fourth-order valence-electron chi connectivity index (χ4n) is 2.28. The van der Waals surface area contributed by atoms with Crippen LogP contribution in [0.15, 0.2) is 42.5 Å². The first-order valence-electron chi connectivity index (χ1n) is 6.38. The van der Waals surface area contributed by atoms with Gasteiger partial charge in [-0.15, -0.1) is 5.10 Å². The number of nitrogens with zero attached hydrogens (tertiary/aromatic N) is 3. The maximum atomic E-state index is 11.2. The van der Waals surface area contributed by atoms with Gasteiger partial charge in [0.05, 0.1) is 24.7 Å². The molecule has 0 aliphatic rings. The third-order valence-electron chi connectivity index (χ3n) is 3.29. The molecule has 3 aromatic rings. The minimum absolute atomic E-state index is 0.152. The van der Waals surface area contributed by atoms with E-state index >= 15 is 0 Å². The Labute approximate surface area is 120 Å². The standard InChI is InChI=1S/C15H13N3O3/c1-21-13-8-3-2-5-10(13)9-18-12-7-4-6-11(15(19)20)14(12)16-17-18/h2-8H,9H2,1H3,(H,19,20). The van der Waals surface area contributed by atoms with Gasteiger partial charge < -0.3 is 9.84 Å². The number of para-hydroxylation sites is 1. The summed E-state index contributed by atoms with van der Waals surface area (Å²) in [5.41, 5.74) is 2.17. The summed E-state index contributed by atoms with van der Waals surface area (Å²) in [7, 11) is 1.61. The number of hydrogen-bond donors (Lipinski definition) is 1. The molecule has 3 rings (SSSR count). The van der Waals surface area contributed by atoms with Crippen LogP contribution in [0.25, 0.3) is 11.0 Å². The Kier molecular flexibility index (Phi) is 3.27. The predicted octanol–water partition coefficient (Wildman–Crippen LogP) is 2.19. The molecular formula is C15H13N3O3. The molecule has 0 saturated heterocycles. The van der Waals surface area contributed by atoms with Crippen molar-refractivity contribution in [3.8, 4) is 5.75 Å². The largest absolute Gasteiger partial charge is 0.496 e. The zero-order valence-corrected chi connectivity index (χ0v) is 11.4. The van der Waals surface area contributed by atoms with Crippen LogP contribution in [0.5, 0.6) is 5.75 Å². The van der Waals surface area contributed by atoms with Crippen LogP contribution in [0, 0.1) is 0 Å². The molecule has 1 aromatic heterocycles. The second-order valence-corrected chi connectivity index (χ2v) is 4.54. The van der Waals surface area contributed by atoms with E-state index in [0.717, 1.165) is 11.3 Å². The molecule has 6 nitrogen and oxygen atoms in total. The van der Waals surface area contributed by atoms with E-state index in [1.165, 1.54) is 6.07 Å². The molecule has 0 fully saturated rings. The van der Waals surface area contributed by atoms with Crippen LogP contribution < -0.4 is 4.74 Å². The van der Waals surface area contributed by atoms with Crippen LogP contribution in [0.1, 0.15) is 15.9 Å². The number of hydrogen-bond acceptors (Lipinski definition) is 4. The van der Waals surface area contributed by atoms with Crippen molar-refractivity contribution in [1.29, 1.82) is 0 Å². The Morgan fingerprint density at radius 3 is 2.81 bits per heavy atom. The molecule has 0 radical (unpaired) electrons. The summed E-state index contributed by atoms with van der Waals surface area (Å²) in [6.45, 7) is 0.462. The van der Waals surface area contributed by atoms with Crippen molar-refractivity contribution in [3.05, 3.63) is 53.6 Å². The Morgan fingerprint density at radius 1 is 1.24 bits per heavy atom. The Balaban J connectivity index is 2.06. The first-order valence-corrected chi connectivity index (χ1v) is 6.38. The van der Waals surface area contributed by atoms with Crippen LogP contribution >= 0.6 is 0 Å². The van der Waals surface area contributed by atoms with Gasteiger partial charge >= 0.3 is 5.97 Å². The highest BCUT2D eigenvalue weighted by molar-refractivity contribution is 6.00. The molecule has 0 aliphatic heterocycles. The fourth-order valence-corrected chi connectivity index (χ4v) is 2.28. The van der Waals surface area contributed by atoms with Crippen LogP contribution in [-0.2, 0) is 6.54 Å². The Hall–Kier alpha value is -2.89. The van der Waals surface area contributed by atoms with Crippen molar-refractivity contribution >= 4 is 17.0 Å². The zero-order valence-electron chi connectivity index (χ0n) is 11.4. The van der Waals surface area contributed by atoms with Crippen LogP contribution in [0.2, 0.25) is 0 Å². The van der Waals surface area contributed by atoms with E-state index in [9.17, 15) is 4.79 Å². The van der Waals surface area contributed by atoms with E-state index < -0.39 is 5.97 Å². The third kappa shape index (κ3) is 2.31. The summed E-state index contributed by atoms with van der Waals surface area (Å²) in [6.07, 6.45) is 0. The smallest absolute Gasteiger partial charge is 0.338 e. The van der Waals surface area contributed by atoms with E-state index in [-0.39, 0.29) is 5.56 Å². The summed E-state index contributed by atoms with van der Waals surface area (Å²) in [5.74, 6) is -0.250. The lowest BCUT2D eigenvalue weighted by molar-refractivity contribution is 0.0699. The highest BCUT2D eigenvalue weighted by Gasteiger charge is 2.14. The maximum absolute atomic E-state index is 11.2. The number of carboxylic acids is 1. The van der Waals surface area contributed by atoms with Crippen molar-refractivity contribution in [1.82, 2.24) is 15.0 Å². The van der Waals surface area contributed by atoms with Gasteiger partial charge in [0.15, 0.2) is 0 Å². The van der Waals surface area contributed by atoms with Crippen molar-refractivity contribution < 1.29 is 14.6 Å². The van der Waals surface area contributed by atoms with Gasteiger partial charge in [-0.3, -0.25) is 0 Å². The number of aromatic nitrogens is 3. The average Bonchev–Trinajstić information content (AvgIpc) is 2.91. The van der Waals surface area contributed by atoms with Gasteiger partial charge in [-0.25, -0.2) is 9.48 Å². The molecule has 0 amide bonds. The number of benzene rings is 2. The molecule has 2 aromatic carbocycles. The van der Waals surface area contributed by atoms with Gasteiger partial charge in [-0.2, -0.15) is 0 Å².